The highest BCUT2D eigenvalue weighted by Gasteiger charge is 2.17. The van der Waals surface area contributed by atoms with Gasteiger partial charge in [0.05, 0.1) is 13.2 Å². The first-order valence-electron chi connectivity index (χ1n) is 4.67. The molecule has 0 saturated carbocycles. The zero-order valence-electron chi connectivity index (χ0n) is 7.82. The Morgan fingerprint density at radius 1 is 1.36 bits per heavy atom. The average Bonchev–Trinajstić information content (AvgIpc) is 2.19. The number of para-hydroxylation sites is 1. The van der Waals surface area contributed by atoms with Crippen molar-refractivity contribution in [3.63, 3.8) is 0 Å². The van der Waals surface area contributed by atoms with E-state index in [1.807, 2.05) is 30.3 Å². The summed E-state index contributed by atoms with van der Waals surface area (Å²) in [4.78, 5) is 0. The summed E-state index contributed by atoms with van der Waals surface area (Å²) in [6.45, 7) is 2.24. The maximum absolute atomic E-state index is 5.87. The highest BCUT2D eigenvalue weighted by atomic mass is 35.5. The summed E-state index contributed by atoms with van der Waals surface area (Å²) in [5.74, 6) is 0. The van der Waals surface area contributed by atoms with Crippen LogP contribution in [0.5, 0.6) is 0 Å². The van der Waals surface area contributed by atoms with Crippen molar-refractivity contribution in [2.45, 2.75) is 5.56 Å². The van der Waals surface area contributed by atoms with Gasteiger partial charge in [0, 0.05) is 12.2 Å². The van der Waals surface area contributed by atoms with Crippen LogP contribution in [0.3, 0.4) is 0 Å². The van der Waals surface area contributed by atoms with Crippen molar-refractivity contribution in [2.24, 2.45) is 0 Å². The van der Waals surface area contributed by atoms with E-state index >= 15 is 0 Å². The van der Waals surface area contributed by atoms with Crippen molar-refractivity contribution < 1.29 is 4.74 Å². The molecule has 1 atom stereocenters. The van der Waals surface area contributed by atoms with Crippen LogP contribution in [-0.2, 0) is 4.74 Å². The lowest BCUT2D eigenvalue weighted by molar-refractivity contribution is 0.0248. The average molecular weight is 213 g/mol. The molecule has 0 spiro atoms. The fourth-order valence-corrected chi connectivity index (χ4v) is 1.66. The van der Waals surface area contributed by atoms with E-state index in [2.05, 4.69) is 10.4 Å². The number of hydrazine groups is 1. The van der Waals surface area contributed by atoms with Gasteiger partial charge in [-0.15, -0.1) is 0 Å². The molecule has 1 N–H and O–H groups in total. The van der Waals surface area contributed by atoms with E-state index in [-0.39, 0.29) is 5.56 Å². The molecule has 1 aliphatic heterocycles. The summed E-state index contributed by atoms with van der Waals surface area (Å²) in [5, 5.41) is 2.07. The maximum Gasteiger partial charge on any atom is 0.145 e. The fraction of sp³-hybridized carbons (Fsp3) is 0.400. The fourth-order valence-electron chi connectivity index (χ4n) is 1.40. The number of nitrogens with zero attached hydrogens (tertiary/aromatic N) is 1. The molecule has 0 aliphatic carbocycles. The largest absolute Gasteiger partial charge is 0.360 e. The zero-order valence-corrected chi connectivity index (χ0v) is 8.57. The molecule has 0 radical (unpaired) electrons. The number of rotatable bonds is 2. The Morgan fingerprint density at radius 2 is 2.14 bits per heavy atom. The van der Waals surface area contributed by atoms with Crippen LogP contribution in [0.2, 0.25) is 0 Å². The second-order valence-electron chi connectivity index (χ2n) is 3.20. The van der Waals surface area contributed by atoms with Crippen LogP contribution >= 0.6 is 11.6 Å². The van der Waals surface area contributed by atoms with E-state index in [0.29, 0.717) is 13.2 Å². The first kappa shape index (κ1) is 9.77. The first-order valence-corrected chi connectivity index (χ1v) is 5.10. The highest BCUT2D eigenvalue weighted by molar-refractivity contribution is 6.19. The molecule has 76 valence electrons. The molecule has 14 heavy (non-hydrogen) atoms. The minimum absolute atomic E-state index is 0.208. The predicted molar refractivity (Wildman–Crippen MR) is 57.2 cm³/mol. The topological polar surface area (TPSA) is 24.5 Å². The van der Waals surface area contributed by atoms with E-state index in [0.717, 1.165) is 12.2 Å². The molecular formula is C10H13ClN2O. The lowest BCUT2D eigenvalue weighted by Gasteiger charge is -2.30. The van der Waals surface area contributed by atoms with E-state index < -0.39 is 0 Å². The molecule has 0 aromatic heterocycles. The first-order chi connectivity index (χ1) is 6.84. The van der Waals surface area contributed by atoms with Gasteiger partial charge in [-0.25, -0.2) is 5.01 Å². The van der Waals surface area contributed by atoms with Crippen LogP contribution in [0.4, 0.5) is 5.69 Å². The molecule has 1 heterocycles. The van der Waals surface area contributed by atoms with Crippen LogP contribution in [0.25, 0.3) is 0 Å². The van der Waals surface area contributed by atoms with Crippen LogP contribution in [0.1, 0.15) is 0 Å². The van der Waals surface area contributed by atoms with Crippen molar-refractivity contribution in [3.8, 4) is 0 Å². The second kappa shape index (κ2) is 4.64. The van der Waals surface area contributed by atoms with Crippen LogP contribution in [0.15, 0.2) is 30.3 Å². The van der Waals surface area contributed by atoms with Gasteiger partial charge in [-0.3, -0.25) is 0 Å². The minimum atomic E-state index is -0.208. The van der Waals surface area contributed by atoms with Crippen molar-refractivity contribution in [1.82, 2.24) is 5.01 Å². The molecule has 0 amide bonds. The number of halogens is 1. The van der Waals surface area contributed by atoms with Gasteiger partial charge >= 0.3 is 0 Å². The number of benzene rings is 1. The van der Waals surface area contributed by atoms with Gasteiger partial charge in [0.25, 0.3) is 0 Å². The van der Waals surface area contributed by atoms with Crippen molar-refractivity contribution in [1.29, 1.82) is 0 Å². The quantitative estimate of drug-likeness (QED) is 0.758. The minimum Gasteiger partial charge on any atom is -0.360 e. The Morgan fingerprint density at radius 3 is 2.86 bits per heavy atom. The third-order valence-electron chi connectivity index (χ3n) is 2.08. The van der Waals surface area contributed by atoms with Gasteiger partial charge in [0.2, 0.25) is 0 Å². The molecular weight excluding hydrogens is 200 g/mol. The Hall–Kier alpha value is -0.770. The number of nitrogens with one attached hydrogen (secondary N) is 1. The van der Waals surface area contributed by atoms with Gasteiger partial charge in [-0.1, -0.05) is 29.8 Å². The van der Waals surface area contributed by atoms with Crippen LogP contribution in [-0.4, -0.2) is 30.3 Å². The zero-order chi connectivity index (χ0) is 9.80. The van der Waals surface area contributed by atoms with E-state index in [9.17, 15) is 0 Å². The van der Waals surface area contributed by atoms with Crippen molar-refractivity contribution in [2.75, 3.05) is 25.1 Å². The molecule has 0 bridgehead atoms. The number of hydrogen-bond acceptors (Lipinski definition) is 3. The van der Waals surface area contributed by atoms with E-state index in [1.165, 1.54) is 0 Å². The number of hydrogen-bond donors (Lipinski definition) is 1. The summed E-state index contributed by atoms with van der Waals surface area (Å²) in [6.07, 6.45) is 0. The van der Waals surface area contributed by atoms with Gasteiger partial charge in [-0.2, -0.15) is 0 Å². The molecule has 4 heteroatoms. The summed E-state index contributed by atoms with van der Waals surface area (Å²) < 4.78 is 5.23. The van der Waals surface area contributed by atoms with Crippen molar-refractivity contribution in [3.05, 3.63) is 30.3 Å². The van der Waals surface area contributed by atoms with Gasteiger partial charge in [0.15, 0.2) is 0 Å². The van der Waals surface area contributed by atoms with Crippen molar-refractivity contribution >= 4 is 17.3 Å². The smallest absolute Gasteiger partial charge is 0.145 e. The van der Waals surface area contributed by atoms with E-state index in [4.69, 9.17) is 16.3 Å². The third-order valence-corrected chi connectivity index (χ3v) is 2.35. The maximum atomic E-state index is 5.87. The number of anilines is 1. The number of ether oxygens (including phenoxy) is 1. The molecule has 1 aromatic rings. The Labute approximate surface area is 88.6 Å². The molecule has 1 aliphatic rings. The van der Waals surface area contributed by atoms with Gasteiger partial charge < -0.3 is 10.2 Å². The molecule has 3 nitrogen and oxygen atoms in total. The Bertz CT molecular complexity index is 281. The SMILES string of the molecule is ClC1CN(Nc2ccccc2)CCO1. The summed E-state index contributed by atoms with van der Waals surface area (Å²) in [7, 11) is 0. The Balaban J connectivity index is 1.91. The molecule has 1 fully saturated rings. The van der Waals surface area contributed by atoms with Crippen LogP contribution < -0.4 is 5.43 Å². The third kappa shape index (κ3) is 2.61. The summed E-state index contributed by atoms with van der Waals surface area (Å²) in [5.41, 5.74) is 4.15. The molecule has 1 aromatic carbocycles. The monoisotopic (exact) mass is 212 g/mol. The Kier molecular flexibility index (Phi) is 3.24. The molecule has 1 saturated heterocycles. The standard InChI is InChI=1S/C10H13ClN2O/c11-10-8-13(6-7-14-10)12-9-4-2-1-3-5-9/h1-5,10,12H,6-8H2. The molecule has 1 unspecified atom stereocenters. The second-order valence-corrected chi connectivity index (χ2v) is 3.69. The van der Waals surface area contributed by atoms with Gasteiger partial charge in [0.1, 0.15) is 5.56 Å². The number of alkyl halides is 1. The van der Waals surface area contributed by atoms with E-state index in [1.54, 1.807) is 0 Å². The molecule has 2 rings (SSSR count). The summed E-state index contributed by atoms with van der Waals surface area (Å²) >= 11 is 5.87. The number of morpholine rings is 1. The normalized spacial score (nSPS) is 23.4. The van der Waals surface area contributed by atoms with Crippen LogP contribution in [0, 0.1) is 0 Å². The summed E-state index contributed by atoms with van der Waals surface area (Å²) in [6, 6.07) is 10.0. The predicted octanol–water partition coefficient (Wildman–Crippen LogP) is 1.91. The lowest BCUT2D eigenvalue weighted by atomic mass is 10.3. The highest BCUT2D eigenvalue weighted by Crippen LogP contribution is 2.11. The lowest BCUT2D eigenvalue weighted by Crippen LogP contribution is -2.43. The van der Waals surface area contributed by atoms with Gasteiger partial charge in [-0.05, 0) is 12.1 Å².